The van der Waals surface area contributed by atoms with Crippen molar-refractivity contribution >= 4 is 0 Å². The maximum atomic E-state index is 6.23. The van der Waals surface area contributed by atoms with E-state index in [1.165, 1.54) is 16.7 Å². The predicted molar refractivity (Wildman–Crippen MR) is 100 cm³/mol. The lowest BCUT2D eigenvalue weighted by Gasteiger charge is -2.45. The molecule has 0 N–H and O–H groups in total. The molecule has 0 unspecified atom stereocenters. The summed E-state index contributed by atoms with van der Waals surface area (Å²) in [6.45, 7) is 7.84. The number of hydrogen-bond donors (Lipinski definition) is 0. The standard InChI is InChI=1S/C22H22N2O2/c1-14-9-10-19-18(11-14)22(3)16(12-25-19)13-26-21-20(22)15(2)23-24(21)17-7-5-4-6-8-17/h4-11,16H,12-13H2,1-3H3/t16-,22+/m1/s1. The van der Waals surface area contributed by atoms with Crippen molar-refractivity contribution in [2.45, 2.75) is 26.2 Å². The Kier molecular flexibility index (Phi) is 3.20. The Morgan fingerprint density at radius 3 is 2.62 bits per heavy atom. The second kappa shape index (κ2) is 5.37. The molecule has 0 radical (unpaired) electrons. The highest BCUT2D eigenvalue weighted by Gasteiger charge is 2.50. The van der Waals surface area contributed by atoms with Gasteiger partial charge in [-0.3, -0.25) is 0 Å². The molecule has 0 bridgehead atoms. The highest BCUT2D eigenvalue weighted by atomic mass is 16.5. The number of aryl methyl sites for hydroxylation is 2. The summed E-state index contributed by atoms with van der Waals surface area (Å²) < 4.78 is 14.2. The van der Waals surface area contributed by atoms with Crippen LogP contribution in [0.1, 0.15) is 29.3 Å². The van der Waals surface area contributed by atoms with Crippen molar-refractivity contribution in [2.75, 3.05) is 13.2 Å². The maximum Gasteiger partial charge on any atom is 0.221 e. The highest BCUT2D eigenvalue weighted by molar-refractivity contribution is 5.57. The molecule has 26 heavy (non-hydrogen) atoms. The fourth-order valence-electron chi connectivity index (χ4n) is 4.47. The molecular formula is C22H22N2O2. The summed E-state index contributed by atoms with van der Waals surface area (Å²) in [5.41, 5.74) is 5.56. The van der Waals surface area contributed by atoms with Gasteiger partial charge in [0.05, 0.1) is 24.6 Å². The lowest BCUT2D eigenvalue weighted by Crippen LogP contribution is -2.47. The molecule has 4 heteroatoms. The largest absolute Gasteiger partial charge is 0.493 e. The smallest absolute Gasteiger partial charge is 0.221 e. The molecule has 0 spiro atoms. The monoisotopic (exact) mass is 346 g/mol. The molecule has 2 aliphatic heterocycles. The summed E-state index contributed by atoms with van der Waals surface area (Å²) in [5, 5.41) is 4.84. The summed E-state index contributed by atoms with van der Waals surface area (Å²) in [6.07, 6.45) is 0. The van der Waals surface area contributed by atoms with Crippen LogP contribution in [-0.4, -0.2) is 23.0 Å². The minimum Gasteiger partial charge on any atom is -0.493 e. The molecule has 0 fully saturated rings. The molecule has 3 aromatic rings. The maximum absolute atomic E-state index is 6.23. The fraction of sp³-hybridized carbons (Fsp3) is 0.318. The first-order valence-electron chi connectivity index (χ1n) is 9.11. The molecule has 2 aromatic carbocycles. The summed E-state index contributed by atoms with van der Waals surface area (Å²) in [5.74, 6) is 2.12. The zero-order valence-corrected chi connectivity index (χ0v) is 15.3. The molecule has 4 nitrogen and oxygen atoms in total. The molecule has 2 aliphatic rings. The number of hydrogen-bond acceptors (Lipinski definition) is 3. The second-order valence-electron chi connectivity index (χ2n) is 7.53. The van der Waals surface area contributed by atoms with Gasteiger partial charge in [0.2, 0.25) is 5.88 Å². The van der Waals surface area contributed by atoms with E-state index in [1.807, 2.05) is 22.9 Å². The first kappa shape index (κ1) is 15.5. The minimum absolute atomic E-state index is 0.162. The van der Waals surface area contributed by atoms with Crippen molar-refractivity contribution in [1.82, 2.24) is 9.78 Å². The van der Waals surface area contributed by atoms with Crippen molar-refractivity contribution in [2.24, 2.45) is 5.92 Å². The average molecular weight is 346 g/mol. The first-order chi connectivity index (χ1) is 12.6. The molecule has 0 amide bonds. The Labute approximate surface area is 153 Å². The van der Waals surface area contributed by atoms with Gasteiger partial charge in [0.1, 0.15) is 5.75 Å². The Morgan fingerprint density at radius 2 is 1.81 bits per heavy atom. The van der Waals surface area contributed by atoms with Gasteiger partial charge in [0.25, 0.3) is 0 Å². The quantitative estimate of drug-likeness (QED) is 0.663. The fourth-order valence-corrected chi connectivity index (χ4v) is 4.47. The third kappa shape index (κ3) is 1.99. The lowest BCUT2D eigenvalue weighted by molar-refractivity contribution is 0.0826. The minimum atomic E-state index is -0.162. The number of aromatic nitrogens is 2. The molecule has 0 saturated carbocycles. The molecule has 3 heterocycles. The molecule has 0 aliphatic carbocycles. The second-order valence-corrected chi connectivity index (χ2v) is 7.53. The summed E-state index contributed by atoms with van der Waals surface area (Å²) in [7, 11) is 0. The number of para-hydroxylation sites is 1. The number of rotatable bonds is 1. The van der Waals surface area contributed by atoms with Gasteiger partial charge in [0, 0.05) is 22.5 Å². The van der Waals surface area contributed by atoms with Gasteiger partial charge in [-0.1, -0.05) is 42.8 Å². The highest BCUT2D eigenvalue weighted by Crippen LogP contribution is 2.53. The van der Waals surface area contributed by atoms with Crippen LogP contribution in [0, 0.1) is 19.8 Å². The van der Waals surface area contributed by atoms with Crippen LogP contribution in [-0.2, 0) is 5.41 Å². The number of fused-ring (bicyclic) bond motifs is 5. The normalized spacial score (nSPS) is 23.3. The Bertz CT molecular complexity index is 993. The van der Waals surface area contributed by atoms with Crippen LogP contribution in [0.2, 0.25) is 0 Å². The molecule has 5 rings (SSSR count). The van der Waals surface area contributed by atoms with Gasteiger partial charge < -0.3 is 9.47 Å². The summed E-state index contributed by atoms with van der Waals surface area (Å²) in [6, 6.07) is 16.7. The molecule has 1 aromatic heterocycles. The molecular weight excluding hydrogens is 324 g/mol. The van der Waals surface area contributed by atoms with Crippen LogP contribution < -0.4 is 9.47 Å². The Hall–Kier alpha value is -2.75. The van der Waals surface area contributed by atoms with Crippen LogP contribution >= 0.6 is 0 Å². The van der Waals surface area contributed by atoms with E-state index >= 15 is 0 Å². The van der Waals surface area contributed by atoms with E-state index in [0.717, 1.165) is 23.0 Å². The van der Waals surface area contributed by atoms with E-state index in [4.69, 9.17) is 14.6 Å². The molecule has 2 atom stereocenters. The van der Waals surface area contributed by atoms with Crippen LogP contribution in [0.3, 0.4) is 0 Å². The van der Waals surface area contributed by atoms with Gasteiger partial charge in [0.15, 0.2) is 0 Å². The number of nitrogens with zero attached hydrogens (tertiary/aromatic N) is 2. The zero-order chi connectivity index (χ0) is 17.9. The van der Waals surface area contributed by atoms with E-state index in [0.29, 0.717) is 13.2 Å². The van der Waals surface area contributed by atoms with Gasteiger partial charge >= 0.3 is 0 Å². The Morgan fingerprint density at radius 1 is 1.04 bits per heavy atom. The van der Waals surface area contributed by atoms with E-state index in [1.54, 1.807) is 0 Å². The lowest BCUT2D eigenvalue weighted by atomic mass is 9.65. The predicted octanol–water partition coefficient (Wildman–Crippen LogP) is 4.20. The van der Waals surface area contributed by atoms with Gasteiger partial charge in [-0.25, -0.2) is 4.68 Å². The number of ether oxygens (including phenoxy) is 2. The van der Waals surface area contributed by atoms with Crippen LogP contribution in [0.4, 0.5) is 0 Å². The zero-order valence-electron chi connectivity index (χ0n) is 15.3. The van der Waals surface area contributed by atoms with Crippen molar-refractivity contribution in [3.63, 3.8) is 0 Å². The first-order valence-corrected chi connectivity index (χ1v) is 9.11. The van der Waals surface area contributed by atoms with E-state index in [-0.39, 0.29) is 11.3 Å². The summed E-state index contributed by atoms with van der Waals surface area (Å²) in [4.78, 5) is 0. The van der Waals surface area contributed by atoms with Crippen molar-refractivity contribution in [1.29, 1.82) is 0 Å². The van der Waals surface area contributed by atoms with Gasteiger partial charge in [-0.05, 0) is 32.0 Å². The van der Waals surface area contributed by atoms with Crippen molar-refractivity contribution in [3.8, 4) is 17.3 Å². The average Bonchev–Trinajstić information content (AvgIpc) is 3.00. The topological polar surface area (TPSA) is 36.3 Å². The van der Waals surface area contributed by atoms with Crippen LogP contribution in [0.15, 0.2) is 48.5 Å². The van der Waals surface area contributed by atoms with Gasteiger partial charge in [-0.2, -0.15) is 5.10 Å². The Balaban J connectivity index is 1.77. The van der Waals surface area contributed by atoms with E-state index in [2.05, 4.69) is 51.1 Å². The van der Waals surface area contributed by atoms with Crippen LogP contribution in [0.5, 0.6) is 11.6 Å². The molecule has 0 saturated heterocycles. The summed E-state index contributed by atoms with van der Waals surface area (Å²) >= 11 is 0. The third-order valence-electron chi connectivity index (χ3n) is 5.91. The van der Waals surface area contributed by atoms with E-state index < -0.39 is 0 Å². The molecule has 132 valence electrons. The van der Waals surface area contributed by atoms with Gasteiger partial charge in [-0.15, -0.1) is 0 Å². The third-order valence-corrected chi connectivity index (χ3v) is 5.91. The van der Waals surface area contributed by atoms with Crippen molar-refractivity contribution < 1.29 is 9.47 Å². The number of benzene rings is 2. The van der Waals surface area contributed by atoms with Crippen LogP contribution in [0.25, 0.3) is 5.69 Å². The van der Waals surface area contributed by atoms with Crippen molar-refractivity contribution in [3.05, 3.63) is 70.9 Å². The van der Waals surface area contributed by atoms with E-state index in [9.17, 15) is 0 Å². The SMILES string of the molecule is Cc1ccc2c(c1)[C@@]1(C)c3c(C)nn(-c4ccccc4)c3OC[C@H]1CO2.